The van der Waals surface area contributed by atoms with Crippen molar-refractivity contribution < 1.29 is 4.74 Å². The topological polar surface area (TPSA) is 70.8 Å². The van der Waals surface area contributed by atoms with E-state index in [2.05, 4.69) is 21.4 Å². The van der Waals surface area contributed by atoms with Gasteiger partial charge in [-0.05, 0) is 31.2 Å². The first-order valence-corrected chi connectivity index (χ1v) is 5.42. The molecule has 0 amide bonds. The highest BCUT2D eigenvalue weighted by atomic mass is 16.5. The van der Waals surface area contributed by atoms with Gasteiger partial charge in [0.1, 0.15) is 5.75 Å². The third-order valence-electron chi connectivity index (χ3n) is 2.26. The van der Waals surface area contributed by atoms with Gasteiger partial charge in [0.15, 0.2) is 0 Å². The monoisotopic (exact) mass is 240 g/mol. The van der Waals surface area contributed by atoms with Crippen molar-refractivity contribution in [1.82, 2.24) is 9.97 Å². The first-order chi connectivity index (χ1) is 8.71. The first kappa shape index (κ1) is 11.9. The molecule has 0 saturated heterocycles. The second kappa shape index (κ2) is 5.15. The summed E-state index contributed by atoms with van der Waals surface area (Å²) in [6.07, 6.45) is 0. The summed E-state index contributed by atoms with van der Waals surface area (Å²) in [5.41, 5.74) is 1.41. The Morgan fingerprint density at radius 3 is 2.56 bits per heavy atom. The molecule has 1 heterocycles. The van der Waals surface area contributed by atoms with Gasteiger partial charge >= 0.3 is 0 Å². The zero-order chi connectivity index (χ0) is 13.0. The Kier molecular flexibility index (Phi) is 3.39. The van der Waals surface area contributed by atoms with Crippen LogP contribution in [-0.2, 0) is 0 Å². The minimum Gasteiger partial charge on any atom is -0.439 e. The molecule has 1 aromatic heterocycles. The Morgan fingerprint density at radius 2 is 1.94 bits per heavy atom. The predicted molar refractivity (Wildman–Crippen MR) is 67.5 cm³/mol. The predicted octanol–water partition coefficient (Wildman–Crippen LogP) is 2.49. The normalized spacial score (nSPS) is 9.61. The molecule has 1 aromatic carbocycles. The highest BCUT2D eigenvalue weighted by Gasteiger charge is 2.03. The summed E-state index contributed by atoms with van der Waals surface area (Å²) in [5.74, 6) is 1.62. The summed E-state index contributed by atoms with van der Waals surface area (Å²) in [7, 11) is 1.75. The van der Waals surface area contributed by atoms with Crippen LogP contribution in [-0.4, -0.2) is 17.0 Å². The maximum absolute atomic E-state index is 8.70. The van der Waals surface area contributed by atoms with Crippen molar-refractivity contribution in [2.75, 3.05) is 12.4 Å². The van der Waals surface area contributed by atoms with Gasteiger partial charge in [0.25, 0.3) is 0 Å². The number of anilines is 1. The zero-order valence-electron chi connectivity index (χ0n) is 10.1. The van der Waals surface area contributed by atoms with Crippen LogP contribution in [0.25, 0.3) is 0 Å². The van der Waals surface area contributed by atoms with Gasteiger partial charge in [-0.15, -0.1) is 0 Å². The van der Waals surface area contributed by atoms with Gasteiger partial charge < -0.3 is 10.1 Å². The molecule has 0 aliphatic heterocycles. The van der Waals surface area contributed by atoms with Crippen molar-refractivity contribution in [2.24, 2.45) is 0 Å². The molecule has 90 valence electrons. The fourth-order valence-electron chi connectivity index (χ4n) is 1.42. The van der Waals surface area contributed by atoms with E-state index in [1.807, 2.05) is 6.92 Å². The average Bonchev–Trinajstić information content (AvgIpc) is 2.39. The van der Waals surface area contributed by atoms with E-state index in [9.17, 15) is 0 Å². The molecule has 2 aromatic rings. The number of aryl methyl sites for hydroxylation is 1. The molecule has 0 spiro atoms. The van der Waals surface area contributed by atoms with Crippen LogP contribution in [0.15, 0.2) is 30.3 Å². The van der Waals surface area contributed by atoms with Crippen LogP contribution in [0.4, 0.5) is 5.95 Å². The Labute approximate surface area is 105 Å². The van der Waals surface area contributed by atoms with Gasteiger partial charge in [-0.2, -0.15) is 10.2 Å². The van der Waals surface area contributed by atoms with E-state index >= 15 is 0 Å². The summed E-state index contributed by atoms with van der Waals surface area (Å²) in [4.78, 5) is 8.36. The highest BCUT2D eigenvalue weighted by Crippen LogP contribution is 2.21. The molecule has 0 radical (unpaired) electrons. The largest absolute Gasteiger partial charge is 0.439 e. The summed E-state index contributed by atoms with van der Waals surface area (Å²) in [6.45, 7) is 1.87. The van der Waals surface area contributed by atoms with E-state index in [-0.39, 0.29) is 0 Å². The standard InChI is InChI=1S/C13H12N4O/c1-9-7-12(17-13(15-2)16-9)18-11-5-3-10(8-14)4-6-11/h3-7H,1-2H3,(H,15,16,17). The first-order valence-electron chi connectivity index (χ1n) is 5.42. The number of hydrogen-bond donors (Lipinski definition) is 1. The summed E-state index contributed by atoms with van der Waals surface area (Å²) >= 11 is 0. The molecular weight excluding hydrogens is 228 g/mol. The van der Waals surface area contributed by atoms with Crippen molar-refractivity contribution in [1.29, 1.82) is 5.26 Å². The number of rotatable bonds is 3. The Morgan fingerprint density at radius 1 is 1.22 bits per heavy atom. The summed E-state index contributed by atoms with van der Waals surface area (Å²) in [6, 6.07) is 10.7. The fraction of sp³-hybridized carbons (Fsp3) is 0.154. The molecule has 0 atom stereocenters. The lowest BCUT2D eigenvalue weighted by molar-refractivity contribution is 0.461. The van der Waals surface area contributed by atoms with Gasteiger partial charge in [-0.3, -0.25) is 0 Å². The Balaban J connectivity index is 2.22. The van der Waals surface area contributed by atoms with Crippen molar-refractivity contribution in [2.45, 2.75) is 6.92 Å². The van der Waals surface area contributed by atoms with E-state index in [1.54, 1.807) is 37.4 Å². The molecule has 5 nitrogen and oxygen atoms in total. The van der Waals surface area contributed by atoms with Crippen LogP contribution in [0.1, 0.15) is 11.3 Å². The number of nitrogens with one attached hydrogen (secondary N) is 1. The van der Waals surface area contributed by atoms with Gasteiger partial charge in [-0.1, -0.05) is 0 Å². The van der Waals surface area contributed by atoms with E-state index in [0.717, 1.165) is 5.69 Å². The zero-order valence-corrected chi connectivity index (χ0v) is 10.1. The number of nitrogens with zero attached hydrogens (tertiary/aromatic N) is 3. The van der Waals surface area contributed by atoms with E-state index in [4.69, 9.17) is 10.00 Å². The molecule has 0 bridgehead atoms. The smallest absolute Gasteiger partial charge is 0.225 e. The molecule has 0 fully saturated rings. The molecule has 2 rings (SSSR count). The number of hydrogen-bond acceptors (Lipinski definition) is 5. The Bertz CT molecular complexity index is 587. The highest BCUT2D eigenvalue weighted by molar-refractivity contribution is 5.37. The lowest BCUT2D eigenvalue weighted by Gasteiger charge is -2.07. The van der Waals surface area contributed by atoms with Crippen LogP contribution < -0.4 is 10.1 Å². The van der Waals surface area contributed by atoms with Gasteiger partial charge in [0.05, 0.1) is 11.6 Å². The molecular formula is C13H12N4O. The second-order valence-electron chi connectivity index (χ2n) is 3.66. The van der Waals surface area contributed by atoms with Gasteiger partial charge in [-0.25, -0.2) is 4.98 Å². The molecule has 0 aliphatic rings. The van der Waals surface area contributed by atoms with Crippen molar-refractivity contribution in [3.05, 3.63) is 41.6 Å². The van der Waals surface area contributed by atoms with Crippen LogP contribution >= 0.6 is 0 Å². The van der Waals surface area contributed by atoms with Crippen LogP contribution in [0.5, 0.6) is 11.6 Å². The quantitative estimate of drug-likeness (QED) is 0.892. The van der Waals surface area contributed by atoms with Crippen LogP contribution in [0.2, 0.25) is 0 Å². The van der Waals surface area contributed by atoms with E-state index in [0.29, 0.717) is 23.1 Å². The van der Waals surface area contributed by atoms with Crippen LogP contribution in [0.3, 0.4) is 0 Å². The van der Waals surface area contributed by atoms with Crippen LogP contribution in [0, 0.1) is 18.3 Å². The Hall–Kier alpha value is -2.61. The minimum absolute atomic E-state index is 0.469. The molecule has 1 N–H and O–H groups in total. The molecule has 0 aliphatic carbocycles. The second-order valence-corrected chi connectivity index (χ2v) is 3.66. The molecule has 0 saturated carbocycles. The number of aromatic nitrogens is 2. The fourth-order valence-corrected chi connectivity index (χ4v) is 1.42. The lowest BCUT2D eigenvalue weighted by Crippen LogP contribution is -1.99. The van der Waals surface area contributed by atoms with E-state index < -0.39 is 0 Å². The van der Waals surface area contributed by atoms with E-state index in [1.165, 1.54) is 0 Å². The molecule has 5 heteroatoms. The summed E-state index contributed by atoms with van der Waals surface area (Å²) in [5, 5.41) is 11.6. The SMILES string of the molecule is CNc1nc(C)cc(Oc2ccc(C#N)cc2)n1. The maximum Gasteiger partial charge on any atom is 0.225 e. The third kappa shape index (κ3) is 2.74. The average molecular weight is 240 g/mol. The number of ether oxygens (including phenoxy) is 1. The minimum atomic E-state index is 0.469. The molecule has 18 heavy (non-hydrogen) atoms. The van der Waals surface area contributed by atoms with Crippen molar-refractivity contribution >= 4 is 5.95 Å². The number of benzene rings is 1. The lowest BCUT2D eigenvalue weighted by atomic mass is 10.2. The third-order valence-corrected chi connectivity index (χ3v) is 2.26. The van der Waals surface area contributed by atoms with Gasteiger partial charge in [0, 0.05) is 18.8 Å². The molecule has 0 unspecified atom stereocenters. The number of nitriles is 1. The van der Waals surface area contributed by atoms with Gasteiger partial charge in [0.2, 0.25) is 11.8 Å². The van der Waals surface area contributed by atoms with Crippen molar-refractivity contribution in [3.63, 3.8) is 0 Å². The summed E-state index contributed by atoms with van der Waals surface area (Å²) < 4.78 is 5.60. The maximum atomic E-state index is 8.70. The van der Waals surface area contributed by atoms with Crippen molar-refractivity contribution in [3.8, 4) is 17.7 Å².